The monoisotopic (exact) mass is 419 g/mol. The van der Waals surface area contributed by atoms with Gasteiger partial charge in [0.05, 0.1) is 10.9 Å². The number of aromatic nitrogens is 2. The number of nitrogens with two attached hydrogens (primary N) is 1. The molecule has 2 N–H and O–H groups in total. The van der Waals surface area contributed by atoms with Crippen molar-refractivity contribution in [1.29, 1.82) is 0 Å². The molecule has 1 saturated heterocycles. The number of hydrogen-bond donors (Lipinski definition) is 1. The van der Waals surface area contributed by atoms with E-state index in [1.807, 2.05) is 40.9 Å². The maximum Gasteiger partial charge on any atom is 0.228 e. The van der Waals surface area contributed by atoms with Crippen LogP contribution in [0.15, 0.2) is 60.9 Å². The van der Waals surface area contributed by atoms with Crippen LogP contribution in [0.4, 0.5) is 4.39 Å². The molecule has 7 heteroatoms. The van der Waals surface area contributed by atoms with E-state index in [4.69, 9.17) is 15.2 Å². The summed E-state index contributed by atoms with van der Waals surface area (Å²) in [5.74, 6) is -0.555. The zero-order valence-electron chi connectivity index (χ0n) is 16.9. The number of fused-ring (bicyclic) bond motifs is 3. The fraction of sp³-hybridized carbons (Fsp3) is 0.250. The number of carbonyl (C=O) groups excluding carboxylic acids is 1. The Bertz CT molecular complexity index is 1280. The Morgan fingerprint density at radius 3 is 2.81 bits per heavy atom. The Morgan fingerprint density at radius 2 is 2.00 bits per heavy atom. The molecule has 0 radical (unpaired) electrons. The van der Waals surface area contributed by atoms with E-state index in [-0.39, 0.29) is 6.61 Å². The van der Waals surface area contributed by atoms with E-state index in [0.29, 0.717) is 37.4 Å². The minimum Gasteiger partial charge on any atom is -0.489 e. The van der Waals surface area contributed by atoms with E-state index in [1.54, 1.807) is 12.3 Å². The van der Waals surface area contributed by atoms with Crippen molar-refractivity contribution in [3.05, 3.63) is 77.9 Å². The lowest BCUT2D eigenvalue weighted by atomic mass is 9.73. The van der Waals surface area contributed by atoms with Crippen molar-refractivity contribution < 1.29 is 18.7 Å². The molecular weight excluding hydrogens is 397 g/mol. The zero-order chi connectivity index (χ0) is 21.4. The van der Waals surface area contributed by atoms with E-state index < -0.39 is 17.1 Å². The molecule has 1 aliphatic heterocycles. The SMILES string of the molecule is NC(=O)C1(c2cc(F)cc(OCc3ccc4c(ccc5nccn54)c3)c2)CCOCC1. The van der Waals surface area contributed by atoms with E-state index >= 15 is 0 Å². The molecule has 0 saturated carbocycles. The van der Waals surface area contributed by atoms with Gasteiger partial charge in [0.2, 0.25) is 5.91 Å². The second-order valence-electron chi connectivity index (χ2n) is 7.90. The van der Waals surface area contributed by atoms with Crippen LogP contribution in [0.5, 0.6) is 5.75 Å². The van der Waals surface area contributed by atoms with Crippen molar-refractivity contribution in [2.24, 2.45) is 5.73 Å². The number of rotatable bonds is 5. The fourth-order valence-electron chi connectivity index (χ4n) is 4.34. The van der Waals surface area contributed by atoms with Crippen molar-refractivity contribution in [3.63, 3.8) is 0 Å². The van der Waals surface area contributed by atoms with Crippen molar-refractivity contribution in [2.75, 3.05) is 13.2 Å². The topological polar surface area (TPSA) is 78.9 Å². The number of imidazole rings is 1. The molecule has 6 nitrogen and oxygen atoms in total. The number of amides is 1. The Balaban J connectivity index is 1.41. The molecule has 2 aromatic carbocycles. The molecule has 0 bridgehead atoms. The Hall–Kier alpha value is -3.45. The number of pyridine rings is 1. The summed E-state index contributed by atoms with van der Waals surface area (Å²) in [5.41, 5.74) is 8.22. The normalized spacial score (nSPS) is 15.9. The molecule has 5 rings (SSSR count). The summed E-state index contributed by atoms with van der Waals surface area (Å²) in [6.45, 7) is 1.10. The van der Waals surface area contributed by atoms with Crippen LogP contribution in [0.25, 0.3) is 16.6 Å². The third kappa shape index (κ3) is 3.51. The summed E-state index contributed by atoms with van der Waals surface area (Å²) in [6.07, 6.45) is 4.55. The third-order valence-corrected chi connectivity index (χ3v) is 6.08. The third-order valence-electron chi connectivity index (χ3n) is 6.08. The van der Waals surface area contributed by atoms with Crippen molar-refractivity contribution in [3.8, 4) is 5.75 Å². The second-order valence-corrected chi connectivity index (χ2v) is 7.90. The molecule has 2 aromatic heterocycles. The van der Waals surface area contributed by atoms with Gasteiger partial charge in [-0.15, -0.1) is 0 Å². The van der Waals surface area contributed by atoms with Gasteiger partial charge in [-0.3, -0.25) is 9.20 Å². The van der Waals surface area contributed by atoms with Crippen LogP contribution in [0.2, 0.25) is 0 Å². The lowest BCUT2D eigenvalue weighted by Crippen LogP contribution is -2.45. The van der Waals surface area contributed by atoms with E-state index in [1.165, 1.54) is 12.1 Å². The maximum absolute atomic E-state index is 14.4. The molecule has 0 unspecified atom stereocenters. The average molecular weight is 419 g/mol. The smallest absolute Gasteiger partial charge is 0.228 e. The number of halogens is 1. The highest BCUT2D eigenvalue weighted by Gasteiger charge is 2.40. The first kappa shape index (κ1) is 19.5. The predicted molar refractivity (Wildman–Crippen MR) is 114 cm³/mol. The Morgan fingerprint density at radius 1 is 1.16 bits per heavy atom. The van der Waals surface area contributed by atoms with Gasteiger partial charge in [0.15, 0.2) is 0 Å². The van der Waals surface area contributed by atoms with Crippen LogP contribution < -0.4 is 10.5 Å². The summed E-state index contributed by atoms with van der Waals surface area (Å²) >= 11 is 0. The van der Waals surface area contributed by atoms with Gasteiger partial charge < -0.3 is 15.2 Å². The first-order valence-electron chi connectivity index (χ1n) is 10.2. The van der Waals surface area contributed by atoms with Crippen molar-refractivity contribution in [2.45, 2.75) is 24.9 Å². The molecule has 0 aliphatic carbocycles. The quantitative estimate of drug-likeness (QED) is 0.535. The summed E-state index contributed by atoms with van der Waals surface area (Å²) < 4.78 is 27.7. The van der Waals surface area contributed by atoms with Gasteiger partial charge in [0.25, 0.3) is 0 Å². The van der Waals surface area contributed by atoms with Crippen LogP contribution in [-0.2, 0) is 21.6 Å². The second kappa shape index (κ2) is 7.67. The molecule has 31 heavy (non-hydrogen) atoms. The largest absolute Gasteiger partial charge is 0.489 e. The van der Waals surface area contributed by atoms with Crippen LogP contribution in [-0.4, -0.2) is 28.5 Å². The average Bonchev–Trinajstić information content (AvgIpc) is 3.27. The van der Waals surface area contributed by atoms with Gasteiger partial charge in [-0.1, -0.05) is 6.07 Å². The Labute approximate surface area is 178 Å². The predicted octanol–water partition coefficient (Wildman–Crippen LogP) is 3.74. The highest BCUT2D eigenvalue weighted by molar-refractivity contribution is 5.87. The lowest BCUT2D eigenvalue weighted by Gasteiger charge is -2.34. The molecule has 0 atom stereocenters. The number of primary amides is 1. The first-order chi connectivity index (χ1) is 15.0. The van der Waals surface area contributed by atoms with Gasteiger partial charge in [-0.2, -0.15) is 0 Å². The molecule has 4 aromatic rings. The standard InChI is InChI=1S/C24H22FN3O3/c25-19-12-18(24(23(26)29)5-9-30-10-6-24)13-20(14-19)31-15-16-1-3-21-17(11-16)2-4-22-27-7-8-28(21)22/h1-4,7-8,11-14H,5-6,9-10,15H2,(H2,26,29). The van der Waals surface area contributed by atoms with E-state index in [0.717, 1.165) is 22.1 Å². The molecule has 158 valence electrons. The zero-order valence-corrected chi connectivity index (χ0v) is 16.9. The first-order valence-corrected chi connectivity index (χ1v) is 10.2. The van der Waals surface area contributed by atoms with Gasteiger partial charge in [0, 0.05) is 31.7 Å². The lowest BCUT2D eigenvalue weighted by molar-refractivity contribution is -0.127. The minimum atomic E-state index is -0.933. The van der Waals surface area contributed by atoms with Gasteiger partial charge in [0.1, 0.15) is 23.8 Å². The van der Waals surface area contributed by atoms with E-state index in [9.17, 15) is 9.18 Å². The minimum absolute atomic E-state index is 0.271. The number of carbonyl (C=O) groups is 1. The van der Waals surface area contributed by atoms with Gasteiger partial charge >= 0.3 is 0 Å². The molecule has 1 aliphatic rings. The number of hydrogen-bond acceptors (Lipinski definition) is 4. The summed E-state index contributed by atoms with van der Waals surface area (Å²) in [6, 6.07) is 14.4. The molecular formula is C24H22FN3O3. The van der Waals surface area contributed by atoms with Gasteiger partial charge in [-0.25, -0.2) is 9.37 Å². The molecule has 1 amide bonds. The molecule has 0 spiro atoms. The highest BCUT2D eigenvalue weighted by Crippen LogP contribution is 2.37. The summed E-state index contributed by atoms with van der Waals surface area (Å²) in [5, 5.41) is 1.06. The van der Waals surface area contributed by atoms with Crippen molar-refractivity contribution in [1.82, 2.24) is 9.38 Å². The number of benzene rings is 2. The van der Waals surface area contributed by atoms with Crippen LogP contribution >= 0.6 is 0 Å². The Kier molecular flexibility index (Phi) is 4.82. The molecule has 1 fully saturated rings. The fourth-order valence-corrected chi connectivity index (χ4v) is 4.34. The summed E-state index contributed by atoms with van der Waals surface area (Å²) in [7, 11) is 0. The number of nitrogens with zero attached hydrogens (tertiary/aromatic N) is 2. The van der Waals surface area contributed by atoms with E-state index in [2.05, 4.69) is 4.98 Å². The highest BCUT2D eigenvalue weighted by atomic mass is 19.1. The van der Waals surface area contributed by atoms with Gasteiger partial charge in [-0.05, 0) is 65.8 Å². The molecule has 3 heterocycles. The maximum atomic E-state index is 14.4. The van der Waals surface area contributed by atoms with Crippen molar-refractivity contribution >= 4 is 22.5 Å². The number of ether oxygens (including phenoxy) is 2. The van der Waals surface area contributed by atoms with Crippen LogP contribution in [0.3, 0.4) is 0 Å². The van der Waals surface area contributed by atoms with Crippen LogP contribution in [0.1, 0.15) is 24.0 Å². The van der Waals surface area contributed by atoms with Crippen LogP contribution in [0, 0.1) is 5.82 Å². The summed E-state index contributed by atoms with van der Waals surface area (Å²) in [4.78, 5) is 16.6.